The number of carbonyl (C=O) groups is 1. The van der Waals surface area contributed by atoms with E-state index >= 15 is 0 Å². The van der Waals surface area contributed by atoms with Crippen LogP contribution < -0.4 is 14.4 Å². The van der Waals surface area contributed by atoms with Crippen LogP contribution in [0.2, 0.25) is 0 Å². The van der Waals surface area contributed by atoms with Crippen molar-refractivity contribution < 1.29 is 14.3 Å². The summed E-state index contributed by atoms with van der Waals surface area (Å²) in [7, 11) is 0. The van der Waals surface area contributed by atoms with Gasteiger partial charge in [-0.2, -0.15) is 5.26 Å². The van der Waals surface area contributed by atoms with Crippen LogP contribution in [0.3, 0.4) is 0 Å². The van der Waals surface area contributed by atoms with Crippen molar-refractivity contribution in [3.63, 3.8) is 0 Å². The van der Waals surface area contributed by atoms with E-state index in [0.717, 1.165) is 21.9 Å². The molecule has 0 bridgehead atoms. The van der Waals surface area contributed by atoms with Crippen LogP contribution >= 0.6 is 11.8 Å². The standard InChI is InChI=1S/C18H14N2O3S/c1-11-18(21)20(14-6-12(8-19)3-5-17(14)24-11)9-13-2-4-15-16(7-13)23-10-22-15/h2-7,11H,9-10H2,1H3. The van der Waals surface area contributed by atoms with Gasteiger partial charge in [0.2, 0.25) is 12.7 Å². The van der Waals surface area contributed by atoms with Crippen LogP contribution in [0.5, 0.6) is 11.5 Å². The first kappa shape index (κ1) is 14.9. The minimum atomic E-state index is -0.153. The normalized spacial score (nSPS) is 18.2. The average Bonchev–Trinajstić information content (AvgIpc) is 3.06. The molecule has 2 aromatic carbocycles. The molecule has 2 aliphatic heterocycles. The van der Waals surface area contributed by atoms with E-state index in [0.29, 0.717) is 17.9 Å². The van der Waals surface area contributed by atoms with Crippen molar-refractivity contribution in [3.05, 3.63) is 47.5 Å². The van der Waals surface area contributed by atoms with E-state index in [2.05, 4.69) is 6.07 Å². The molecule has 1 unspecified atom stereocenters. The fourth-order valence-corrected chi connectivity index (χ4v) is 3.91. The molecule has 24 heavy (non-hydrogen) atoms. The number of thioether (sulfide) groups is 1. The highest BCUT2D eigenvalue weighted by Crippen LogP contribution is 2.41. The number of nitrogens with zero attached hydrogens (tertiary/aromatic N) is 2. The third kappa shape index (κ3) is 2.47. The molecule has 5 nitrogen and oxygen atoms in total. The fraction of sp³-hybridized carbons (Fsp3) is 0.222. The number of benzene rings is 2. The van der Waals surface area contributed by atoms with Gasteiger partial charge in [-0.1, -0.05) is 6.07 Å². The smallest absolute Gasteiger partial charge is 0.240 e. The second-order valence-corrected chi connectivity index (χ2v) is 7.05. The molecule has 2 heterocycles. The molecule has 2 aromatic rings. The lowest BCUT2D eigenvalue weighted by Gasteiger charge is -2.32. The Kier molecular flexibility index (Phi) is 3.58. The lowest BCUT2D eigenvalue weighted by atomic mass is 10.1. The van der Waals surface area contributed by atoms with Gasteiger partial charge in [0.05, 0.1) is 29.1 Å². The van der Waals surface area contributed by atoms with Gasteiger partial charge in [0.1, 0.15) is 0 Å². The van der Waals surface area contributed by atoms with E-state index in [4.69, 9.17) is 14.7 Å². The maximum atomic E-state index is 12.7. The summed E-state index contributed by atoms with van der Waals surface area (Å²) in [6.07, 6.45) is 0. The first-order chi connectivity index (χ1) is 11.7. The van der Waals surface area contributed by atoms with Gasteiger partial charge < -0.3 is 14.4 Å². The minimum Gasteiger partial charge on any atom is -0.454 e. The lowest BCUT2D eigenvalue weighted by Crippen LogP contribution is -2.39. The maximum Gasteiger partial charge on any atom is 0.240 e. The third-order valence-electron chi connectivity index (χ3n) is 4.07. The van der Waals surface area contributed by atoms with Crippen molar-refractivity contribution in [1.82, 2.24) is 0 Å². The minimum absolute atomic E-state index is 0.0419. The highest BCUT2D eigenvalue weighted by Gasteiger charge is 2.31. The summed E-state index contributed by atoms with van der Waals surface area (Å²) in [6, 6.07) is 13.3. The molecule has 0 N–H and O–H groups in total. The molecule has 0 radical (unpaired) electrons. The van der Waals surface area contributed by atoms with Crippen molar-refractivity contribution in [2.24, 2.45) is 0 Å². The molecule has 4 rings (SSSR count). The zero-order valence-corrected chi connectivity index (χ0v) is 13.8. The van der Waals surface area contributed by atoms with Crippen molar-refractivity contribution in [1.29, 1.82) is 5.26 Å². The molecule has 120 valence electrons. The number of amides is 1. The van der Waals surface area contributed by atoms with Crippen LogP contribution in [-0.2, 0) is 11.3 Å². The quantitative estimate of drug-likeness (QED) is 0.840. The Balaban J connectivity index is 1.71. The number of rotatable bonds is 2. The molecule has 6 heteroatoms. The van der Waals surface area contributed by atoms with Gasteiger partial charge >= 0.3 is 0 Å². The number of hydrogen-bond acceptors (Lipinski definition) is 5. The van der Waals surface area contributed by atoms with E-state index in [-0.39, 0.29) is 18.0 Å². The average molecular weight is 338 g/mol. The number of nitriles is 1. The summed E-state index contributed by atoms with van der Waals surface area (Å²) < 4.78 is 10.7. The van der Waals surface area contributed by atoms with Gasteiger partial charge in [-0.25, -0.2) is 0 Å². The molecular formula is C18H14N2O3S. The molecule has 0 saturated heterocycles. The molecule has 0 aliphatic carbocycles. The second-order valence-electron chi connectivity index (χ2n) is 5.67. The van der Waals surface area contributed by atoms with E-state index in [1.165, 1.54) is 11.8 Å². The van der Waals surface area contributed by atoms with E-state index in [9.17, 15) is 4.79 Å². The summed E-state index contributed by atoms with van der Waals surface area (Å²) >= 11 is 1.53. The monoisotopic (exact) mass is 338 g/mol. The molecule has 1 amide bonds. The molecule has 0 fully saturated rings. The Bertz CT molecular complexity index is 875. The van der Waals surface area contributed by atoms with Gasteiger partial charge in [-0.3, -0.25) is 4.79 Å². The first-order valence-electron chi connectivity index (χ1n) is 7.56. The van der Waals surface area contributed by atoms with Gasteiger partial charge in [-0.15, -0.1) is 11.8 Å². The molecule has 2 aliphatic rings. The van der Waals surface area contributed by atoms with Crippen LogP contribution in [0, 0.1) is 11.3 Å². The Morgan fingerprint density at radius 3 is 2.92 bits per heavy atom. The van der Waals surface area contributed by atoms with Crippen LogP contribution in [0.4, 0.5) is 5.69 Å². The fourth-order valence-electron chi connectivity index (χ4n) is 2.86. The van der Waals surface area contributed by atoms with Crippen LogP contribution in [0.25, 0.3) is 0 Å². The summed E-state index contributed by atoms with van der Waals surface area (Å²) in [5.41, 5.74) is 2.30. The highest BCUT2D eigenvalue weighted by atomic mass is 32.2. The largest absolute Gasteiger partial charge is 0.454 e. The summed E-state index contributed by atoms with van der Waals surface area (Å²) in [5.74, 6) is 1.46. The highest BCUT2D eigenvalue weighted by molar-refractivity contribution is 8.00. The van der Waals surface area contributed by atoms with Crippen molar-refractivity contribution in [2.75, 3.05) is 11.7 Å². The number of anilines is 1. The third-order valence-corrected chi connectivity index (χ3v) is 5.23. The number of hydrogen-bond donors (Lipinski definition) is 0. The second kappa shape index (κ2) is 5.77. The lowest BCUT2D eigenvalue weighted by molar-refractivity contribution is -0.118. The summed E-state index contributed by atoms with van der Waals surface area (Å²) in [6.45, 7) is 2.56. The zero-order valence-electron chi connectivity index (χ0n) is 13.0. The number of fused-ring (bicyclic) bond motifs is 2. The van der Waals surface area contributed by atoms with Gasteiger partial charge in [0.15, 0.2) is 11.5 Å². The predicted octanol–water partition coefficient (Wildman–Crippen LogP) is 3.31. The van der Waals surface area contributed by atoms with Crippen molar-refractivity contribution in [2.45, 2.75) is 23.6 Å². The molecular weight excluding hydrogens is 324 g/mol. The zero-order chi connectivity index (χ0) is 16.7. The predicted molar refractivity (Wildman–Crippen MR) is 90.2 cm³/mol. The van der Waals surface area contributed by atoms with E-state index in [1.807, 2.05) is 31.2 Å². The number of ether oxygens (including phenoxy) is 2. The van der Waals surface area contributed by atoms with Crippen LogP contribution in [-0.4, -0.2) is 18.0 Å². The topological polar surface area (TPSA) is 62.6 Å². The molecule has 0 saturated carbocycles. The Hall–Kier alpha value is -2.65. The SMILES string of the molecule is CC1Sc2ccc(C#N)cc2N(Cc2ccc3c(c2)OCO3)C1=O. The Morgan fingerprint density at radius 1 is 1.25 bits per heavy atom. The summed E-state index contributed by atoms with van der Waals surface area (Å²) in [5, 5.41) is 8.99. The maximum absolute atomic E-state index is 12.7. The van der Waals surface area contributed by atoms with E-state index < -0.39 is 0 Å². The summed E-state index contributed by atoms with van der Waals surface area (Å²) in [4.78, 5) is 15.5. The number of carbonyl (C=O) groups excluding carboxylic acids is 1. The molecule has 0 aromatic heterocycles. The van der Waals surface area contributed by atoms with Crippen molar-refractivity contribution >= 4 is 23.4 Å². The van der Waals surface area contributed by atoms with Gasteiger partial charge in [0, 0.05) is 4.90 Å². The molecule has 1 atom stereocenters. The van der Waals surface area contributed by atoms with Gasteiger partial charge in [0.25, 0.3) is 0 Å². The van der Waals surface area contributed by atoms with Gasteiger partial charge in [-0.05, 0) is 42.8 Å². The Morgan fingerprint density at radius 2 is 2.08 bits per heavy atom. The van der Waals surface area contributed by atoms with E-state index in [1.54, 1.807) is 17.0 Å². The van der Waals surface area contributed by atoms with Crippen LogP contribution in [0.15, 0.2) is 41.3 Å². The molecule has 0 spiro atoms. The van der Waals surface area contributed by atoms with Crippen LogP contribution in [0.1, 0.15) is 18.1 Å². The van der Waals surface area contributed by atoms with Crippen molar-refractivity contribution in [3.8, 4) is 17.6 Å². The Labute approximate surface area is 143 Å². The first-order valence-corrected chi connectivity index (χ1v) is 8.44.